The predicted molar refractivity (Wildman–Crippen MR) is 69.9 cm³/mol. The van der Waals surface area contributed by atoms with E-state index >= 15 is 0 Å². The van der Waals surface area contributed by atoms with Gasteiger partial charge in [-0.05, 0) is 24.3 Å². The van der Waals surface area contributed by atoms with Crippen LogP contribution in [0.2, 0.25) is 0 Å². The fourth-order valence-electron chi connectivity index (χ4n) is 1.75. The van der Waals surface area contributed by atoms with Gasteiger partial charge in [-0.3, -0.25) is 10.1 Å². The number of nitro benzene ring substituents is 1. The molecule has 22 heavy (non-hydrogen) atoms. The van der Waals surface area contributed by atoms with E-state index in [1.807, 2.05) is 0 Å². The minimum Gasteiger partial charge on any atom is -0.487 e. The maximum absolute atomic E-state index is 13.6. The highest BCUT2D eigenvalue weighted by Gasteiger charge is 2.17. The molecule has 1 N–H and O–H groups in total. The third-order valence-electron chi connectivity index (χ3n) is 2.84. The molecule has 2 aromatic carbocycles. The number of non-ortho nitro benzene ring substituents is 1. The molecule has 0 aromatic heterocycles. The van der Waals surface area contributed by atoms with Gasteiger partial charge in [-0.25, -0.2) is 13.2 Å². The lowest BCUT2D eigenvalue weighted by molar-refractivity contribution is -0.385. The molecular formula is C14H10F3NO4. The van der Waals surface area contributed by atoms with Gasteiger partial charge >= 0.3 is 0 Å². The zero-order valence-electron chi connectivity index (χ0n) is 11.0. The second-order valence-corrected chi connectivity index (χ2v) is 4.36. The summed E-state index contributed by atoms with van der Waals surface area (Å²) in [7, 11) is 0. The average molecular weight is 313 g/mol. The number of ether oxygens (including phenoxy) is 1. The number of aliphatic hydroxyl groups excluding tert-OH is 1. The van der Waals surface area contributed by atoms with Crippen molar-refractivity contribution >= 4 is 5.69 Å². The Balaban J connectivity index is 2.09. The van der Waals surface area contributed by atoms with E-state index in [1.165, 1.54) is 0 Å². The van der Waals surface area contributed by atoms with Gasteiger partial charge in [0.1, 0.15) is 24.3 Å². The van der Waals surface area contributed by atoms with Gasteiger partial charge in [-0.2, -0.15) is 0 Å². The lowest BCUT2D eigenvalue weighted by Gasteiger charge is -2.14. The van der Waals surface area contributed by atoms with E-state index in [9.17, 15) is 28.4 Å². The van der Waals surface area contributed by atoms with Crippen molar-refractivity contribution in [2.75, 3.05) is 6.61 Å². The summed E-state index contributed by atoms with van der Waals surface area (Å²) in [4.78, 5) is 9.69. The standard InChI is InChI=1S/C14H10F3NO4/c15-8-1-3-11(16)10(5-8)13(19)7-22-14-4-2-9(18(20)21)6-12(14)17/h1-6,13,19H,7H2. The molecule has 8 heteroatoms. The van der Waals surface area contributed by atoms with Crippen molar-refractivity contribution in [2.45, 2.75) is 6.10 Å². The first-order valence-electron chi connectivity index (χ1n) is 6.08. The Morgan fingerprint density at radius 2 is 1.86 bits per heavy atom. The van der Waals surface area contributed by atoms with Gasteiger partial charge in [0, 0.05) is 11.6 Å². The number of hydrogen-bond acceptors (Lipinski definition) is 4. The van der Waals surface area contributed by atoms with Crippen LogP contribution in [-0.2, 0) is 0 Å². The highest BCUT2D eigenvalue weighted by Crippen LogP contribution is 2.24. The van der Waals surface area contributed by atoms with Gasteiger partial charge in [0.25, 0.3) is 5.69 Å². The summed E-state index contributed by atoms with van der Waals surface area (Å²) < 4.78 is 45.0. The van der Waals surface area contributed by atoms with Gasteiger partial charge in [-0.15, -0.1) is 0 Å². The van der Waals surface area contributed by atoms with Crippen LogP contribution in [0.4, 0.5) is 18.9 Å². The summed E-state index contributed by atoms with van der Waals surface area (Å²) in [5.41, 5.74) is -0.788. The molecule has 0 spiro atoms. The van der Waals surface area contributed by atoms with E-state index in [0.29, 0.717) is 6.07 Å². The SMILES string of the molecule is O=[N+]([O-])c1ccc(OCC(O)c2cc(F)ccc2F)c(F)c1. The molecule has 0 amide bonds. The Kier molecular flexibility index (Phi) is 4.62. The molecule has 0 aliphatic rings. The van der Waals surface area contributed by atoms with Crippen LogP contribution in [0.15, 0.2) is 36.4 Å². The summed E-state index contributed by atoms with van der Waals surface area (Å²) in [6.45, 7) is -0.547. The number of hydrogen-bond donors (Lipinski definition) is 1. The zero-order chi connectivity index (χ0) is 16.3. The van der Waals surface area contributed by atoms with Crippen LogP contribution in [0.25, 0.3) is 0 Å². The number of rotatable bonds is 5. The molecule has 0 bridgehead atoms. The van der Waals surface area contributed by atoms with Crippen LogP contribution in [0.1, 0.15) is 11.7 Å². The molecular weight excluding hydrogens is 303 g/mol. The van der Waals surface area contributed by atoms with Crippen LogP contribution in [0.3, 0.4) is 0 Å². The van der Waals surface area contributed by atoms with E-state index < -0.39 is 40.8 Å². The van der Waals surface area contributed by atoms with E-state index in [-0.39, 0.29) is 11.3 Å². The maximum atomic E-state index is 13.6. The molecule has 0 radical (unpaired) electrons. The van der Waals surface area contributed by atoms with Gasteiger partial charge in [0.2, 0.25) is 0 Å². The quantitative estimate of drug-likeness (QED) is 0.680. The van der Waals surface area contributed by atoms with Crippen LogP contribution < -0.4 is 4.74 Å². The highest BCUT2D eigenvalue weighted by molar-refractivity contribution is 5.37. The Morgan fingerprint density at radius 1 is 1.14 bits per heavy atom. The van der Waals surface area contributed by atoms with Crippen molar-refractivity contribution in [1.29, 1.82) is 0 Å². The fraction of sp³-hybridized carbons (Fsp3) is 0.143. The summed E-state index contributed by atoms with van der Waals surface area (Å²) in [5.74, 6) is -2.92. The van der Waals surface area contributed by atoms with Crippen molar-refractivity contribution < 1.29 is 27.9 Å². The number of aliphatic hydroxyl groups is 1. The predicted octanol–water partition coefficient (Wildman–Crippen LogP) is 3.12. The monoisotopic (exact) mass is 313 g/mol. The number of nitrogens with zero attached hydrogens (tertiary/aromatic N) is 1. The Bertz CT molecular complexity index is 708. The smallest absolute Gasteiger partial charge is 0.272 e. The normalized spacial score (nSPS) is 12.0. The molecule has 5 nitrogen and oxygen atoms in total. The van der Waals surface area contributed by atoms with Crippen molar-refractivity contribution in [2.24, 2.45) is 0 Å². The third kappa shape index (κ3) is 3.53. The van der Waals surface area contributed by atoms with Gasteiger partial charge in [0.15, 0.2) is 11.6 Å². The van der Waals surface area contributed by atoms with Crippen LogP contribution in [-0.4, -0.2) is 16.6 Å². The molecule has 0 fully saturated rings. The summed E-state index contributed by atoms with van der Waals surface area (Å²) >= 11 is 0. The van der Waals surface area contributed by atoms with Gasteiger partial charge < -0.3 is 9.84 Å². The van der Waals surface area contributed by atoms with E-state index in [4.69, 9.17) is 4.74 Å². The lowest BCUT2D eigenvalue weighted by Crippen LogP contribution is -2.12. The number of nitro groups is 1. The molecule has 0 aliphatic carbocycles. The summed E-state index contributed by atoms with van der Waals surface area (Å²) in [6.07, 6.45) is -1.52. The summed E-state index contributed by atoms with van der Waals surface area (Å²) in [5, 5.41) is 20.2. The largest absolute Gasteiger partial charge is 0.487 e. The first-order chi connectivity index (χ1) is 10.4. The van der Waals surface area contributed by atoms with Crippen molar-refractivity contribution in [3.05, 3.63) is 69.5 Å². The van der Waals surface area contributed by atoms with Crippen LogP contribution in [0.5, 0.6) is 5.75 Å². The first-order valence-corrected chi connectivity index (χ1v) is 6.08. The second-order valence-electron chi connectivity index (χ2n) is 4.36. The molecule has 2 rings (SSSR count). The van der Waals surface area contributed by atoms with E-state index in [2.05, 4.69) is 0 Å². The molecule has 0 saturated carbocycles. The van der Waals surface area contributed by atoms with Crippen molar-refractivity contribution in [3.8, 4) is 5.75 Å². The van der Waals surface area contributed by atoms with Crippen LogP contribution >= 0.6 is 0 Å². The molecule has 1 unspecified atom stereocenters. The minimum atomic E-state index is -1.52. The number of halogens is 3. The lowest BCUT2D eigenvalue weighted by atomic mass is 10.1. The zero-order valence-corrected chi connectivity index (χ0v) is 11.0. The van der Waals surface area contributed by atoms with Crippen molar-refractivity contribution in [1.82, 2.24) is 0 Å². The highest BCUT2D eigenvalue weighted by atomic mass is 19.1. The second kappa shape index (κ2) is 6.44. The fourth-order valence-corrected chi connectivity index (χ4v) is 1.75. The average Bonchev–Trinajstić information content (AvgIpc) is 2.48. The van der Waals surface area contributed by atoms with Crippen molar-refractivity contribution in [3.63, 3.8) is 0 Å². The molecule has 2 aromatic rings. The first kappa shape index (κ1) is 15.8. The number of benzene rings is 2. The molecule has 0 saturated heterocycles. The van der Waals surface area contributed by atoms with Gasteiger partial charge in [0.05, 0.1) is 11.0 Å². The van der Waals surface area contributed by atoms with Gasteiger partial charge in [-0.1, -0.05) is 0 Å². The molecule has 1 atom stereocenters. The minimum absolute atomic E-state index is 0.331. The topological polar surface area (TPSA) is 72.6 Å². The van der Waals surface area contributed by atoms with E-state index in [0.717, 1.165) is 30.3 Å². The molecule has 116 valence electrons. The Labute approximate surface area is 122 Å². The maximum Gasteiger partial charge on any atom is 0.272 e. The molecule has 0 heterocycles. The van der Waals surface area contributed by atoms with E-state index in [1.54, 1.807) is 0 Å². The Hall–Kier alpha value is -2.61. The third-order valence-corrected chi connectivity index (χ3v) is 2.84. The van der Waals surface area contributed by atoms with Crippen LogP contribution in [0, 0.1) is 27.6 Å². The molecule has 0 aliphatic heterocycles. The summed E-state index contributed by atoms with van der Waals surface area (Å²) in [6, 6.07) is 5.23. The Morgan fingerprint density at radius 3 is 2.50 bits per heavy atom.